The number of carbonyl (C=O) groups excluding carboxylic acids is 2. The van der Waals surface area contributed by atoms with Crippen LogP contribution in [0.2, 0.25) is 0 Å². The Labute approximate surface area is 194 Å². The third kappa shape index (κ3) is 5.30. The van der Waals surface area contributed by atoms with Gasteiger partial charge in [0.1, 0.15) is 18.7 Å². The lowest BCUT2D eigenvalue weighted by atomic mass is 10.00. The number of aromatic nitrogens is 2. The third-order valence-corrected chi connectivity index (χ3v) is 6.04. The molecule has 0 aliphatic carbocycles. The summed E-state index contributed by atoms with van der Waals surface area (Å²) in [4.78, 5) is 36.8. The maximum Gasteiger partial charge on any atom is 0.243 e. The number of aryl methyl sites for hydroxylation is 1. The second kappa shape index (κ2) is 9.98. The van der Waals surface area contributed by atoms with Crippen LogP contribution in [0.4, 0.5) is 0 Å². The average molecular weight is 447 g/mol. The molecule has 0 saturated carbocycles. The normalized spacial score (nSPS) is 16.7. The molecule has 2 aromatic heterocycles. The maximum absolute atomic E-state index is 13.4. The van der Waals surface area contributed by atoms with Crippen molar-refractivity contribution in [3.63, 3.8) is 0 Å². The van der Waals surface area contributed by atoms with Crippen molar-refractivity contribution in [2.75, 3.05) is 6.54 Å². The summed E-state index contributed by atoms with van der Waals surface area (Å²) in [5.41, 5.74) is 3.59. The molecule has 1 aliphatic rings. The van der Waals surface area contributed by atoms with Crippen molar-refractivity contribution >= 4 is 11.8 Å². The van der Waals surface area contributed by atoms with Crippen LogP contribution in [0.5, 0.6) is 0 Å². The van der Waals surface area contributed by atoms with Gasteiger partial charge in [-0.1, -0.05) is 50.2 Å². The molecule has 1 aromatic carbocycles. The highest BCUT2D eigenvalue weighted by Crippen LogP contribution is 2.25. The number of nitrogens with one attached hydrogen (secondary N) is 1. The van der Waals surface area contributed by atoms with Gasteiger partial charge in [0, 0.05) is 12.7 Å². The monoisotopic (exact) mass is 446 g/mol. The summed E-state index contributed by atoms with van der Waals surface area (Å²) in [7, 11) is 0. The molecule has 1 aliphatic heterocycles. The van der Waals surface area contributed by atoms with Gasteiger partial charge in [0.05, 0.1) is 17.4 Å². The van der Waals surface area contributed by atoms with Crippen LogP contribution < -0.4 is 5.32 Å². The van der Waals surface area contributed by atoms with Crippen molar-refractivity contribution in [2.45, 2.75) is 58.0 Å². The third-order valence-electron chi connectivity index (χ3n) is 6.04. The number of rotatable bonds is 7. The van der Waals surface area contributed by atoms with Gasteiger partial charge in [0.15, 0.2) is 0 Å². The predicted octanol–water partition coefficient (Wildman–Crippen LogP) is 3.94. The summed E-state index contributed by atoms with van der Waals surface area (Å²) in [5, 5.41) is 3.16. The van der Waals surface area contributed by atoms with E-state index in [1.165, 1.54) is 6.26 Å². The lowest BCUT2D eigenvalue weighted by molar-refractivity contribution is -0.138. The predicted molar refractivity (Wildman–Crippen MR) is 124 cm³/mol. The first kappa shape index (κ1) is 22.7. The molecule has 2 atom stereocenters. The van der Waals surface area contributed by atoms with Crippen molar-refractivity contribution in [2.24, 2.45) is 0 Å². The molecule has 0 unspecified atom stereocenters. The van der Waals surface area contributed by atoms with Crippen molar-refractivity contribution < 1.29 is 14.0 Å². The van der Waals surface area contributed by atoms with E-state index >= 15 is 0 Å². The van der Waals surface area contributed by atoms with E-state index in [-0.39, 0.29) is 18.2 Å². The summed E-state index contributed by atoms with van der Waals surface area (Å²) < 4.78 is 5.33. The van der Waals surface area contributed by atoms with E-state index in [9.17, 15) is 9.59 Å². The Morgan fingerprint density at radius 2 is 1.94 bits per heavy atom. The maximum atomic E-state index is 13.4. The van der Waals surface area contributed by atoms with Gasteiger partial charge in [0.25, 0.3) is 0 Å². The minimum atomic E-state index is -0.519. The van der Waals surface area contributed by atoms with E-state index in [0.717, 1.165) is 28.9 Å². The Morgan fingerprint density at radius 3 is 2.58 bits per heavy atom. The number of amides is 2. The molecular formula is C26H30N4O3. The highest BCUT2D eigenvalue weighted by atomic mass is 16.3. The molecule has 172 valence electrons. The highest BCUT2D eigenvalue weighted by molar-refractivity contribution is 5.89. The number of hydrogen-bond donors (Lipinski definition) is 1. The highest BCUT2D eigenvalue weighted by Gasteiger charge is 2.35. The molecule has 7 heteroatoms. The first-order valence-corrected chi connectivity index (χ1v) is 11.4. The van der Waals surface area contributed by atoms with E-state index in [0.29, 0.717) is 24.8 Å². The quantitative estimate of drug-likeness (QED) is 0.594. The molecule has 0 radical (unpaired) electrons. The number of oxazole rings is 1. The molecular weight excluding hydrogens is 416 g/mol. The Balaban J connectivity index is 1.52. The standard InChI is InChI=1S/C26H30N4O3/c1-17(2)20-11-12-21(27-15-20)25(19-8-5-4-6-9-19)29-26(32)22-10-7-13-30(22)24(31)14-23-28-18(3)16-33-23/h4-6,8-9,11-12,15-17,22,25H,7,10,13-14H2,1-3H3,(H,29,32)/t22-,25-/m0/s1. The zero-order valence-corrected chi connectivity index (χ0v) is 19.3. The Morgan fingerprint density at radius 1 is 1.15 bits per heavy atom. The van der Waals surface area contributed by atoms with Crippen molar-refractivity contribution in [1.29, 1.82) is 0 Å². The van der Waals surface area contributed by atoms with Gasteiger partial charge in [0.2, 0.25) is 17.7 Å². The Bertz CT molecular complexity index is 1090. The molecule has 1 fully saturated rings. The van der Waals surface area contributed by atoms with Gasteiger partial charge in [-0.2, -0.15) is 0 Å². The first-order valence-electron chi connectivity index (χ1n) is 11.4. The molecule has 33 heavy (non-hydrogen) atoms. The summed E-state index contributed by atoms with van der Waals surface area (Å²) in [6, 6.07) is 12.9. The summed E-state index contributed by atoms with van der Waals surface area (Å²) in [5.74, 6) is 0.431. The van der Waals surface area contributed by atoms with Crippen LogP contribution in [0.15, 0.2) is 59.3 Å². The fourth-order valence-corrected chi connectivity index (χ4v) is 4.19. The SMILES string of the molecule is Cc1coc(CC(=O)N2CCC[C@H]2C(=O)N[C@@H](c2ccccc2)c2ccc(C(C)C)cn2)n1. The molecule has 2 amide bonds. The number of likely N-dealkylation sites (tertiary alicyclic amines) is 1. The fourth-order valence-electron chi connectivity index (χ4n) is 4.19. The molecule has 3 heterocycles. The molecule has 7 nitrogen and oxygen atoms in total. The van der Waals surface area contributed by atoms with Crippen molar-refractivity contribution in [1.82, 2.24) is 20.2 Å². The van der Waals surface area contributed by atoms with E-state index in [1.54, 1.807) is 4.90 Å². The number of pyridine rings is 1. The number of benzene rings is 1. The van der Waals surface area contributed by atoms with E-state index in [1.807, 2.05) is 49.5 Å². The average Bonchev–Trinajstić information content (AvgIpc) is 3.47. The number of nitrogens with zero attached hydrogens (tertiary/aromatic N) is 3. The van der Waals surface area contributed by atoms with Crippen LogP contribution in [0.25, 0.3) is 0 Å². The summed E-state index contributed by atoms with van der Waals surface area (Å²) >= 11 is 0. The fraction of sp³-hybridized carbons (Fsp3) is 0.385. The van der Waals surface area contributed by atoms with Gasteiger partial charge in [-0.05, 0) is 42.9 Å². The van der Waals surface area contributed by atoms with E-state index in [2.05, 4.69) is 35.2 Å². The van der Waals surface area contributed by atoms with E-state index in [4.69, 9.17) is 4.42 Å². The number of hydrogen-bond acceptors (Lipinski definition) is 5. The van der Waals surface area contributed by atoms with Gasteiger partial charge in [-0.3, -0.25) is 14.6 Å². The number of carbonyl (C=O) groups is 2. The van der Waals surface area contributed by atoms with Crippen molar-refractivity contribution in [3.05, 3.63) is 83.3 Å². The second-order valence-corrected chi connectivity index (χ2v) is 8.83. The summed E-state index contributed by atoms with van der Waals surface area (Å²) in [6.45, 7) is 6.61. The van der Waals surface area contributed by atoms with Gasteiger partial charge < -0.3 is 14.6 Å². The molecule has 3 aromatic rings. The van der Waals surface area contributed by atoms with Crippen LogP contribution in [-0.4, -0.2) is 39.3 Å². The lowest BCUT2D eigenvalue weighted by Crippen LogP contribution is -2.47. The van der Waals surface area contributed by atoms with Crippen LogP contribution in [0.3, 0.4) is 0 Å². The lowest BCUT2D eigenvalue weighted by Gasteiger charge is -2.26. The zero-order chi connectivity index (χ0) is 23.4. The minimum Gasteiger partial charge on any atom is -0.448 e. The second-order valence-electron chi connectivity index (χ2n) is 8.83. The molecule has 1 saturated heterocycles. The first-order chi connectivity index (χ1) is 15.9. The van der Waals surface area contributed by atoms with Crippen LogP contribution in [0.1, 0.15) is 67.1 Å². The summed E-state index contributed by atoms with van der Waals surface area (Å²) in [6.07, 6.45) is 4.86. The van der Waals surface area contributed by atoms with Crippen LogP contribution >= 0.6 is 0 Å². The molecule has 1 N–H and O–H groups in total. The van der Waals surface area contributed by atoms with Crippen LogP contribution in [0, 0.1) is 6.92 Å². The Kier molecular flexibility index (Phi) is 6.87. The van der Waals surface area contributed by atoms with Gasteiger partial charge in [-0.15, -0.1) is 0 Å². The van der Waals surface area contributed by atoms with Crippen molar-refractivity contribution in [3.8, 4) is 0 Å². The minimum absolute atomic E-state index is 0.0535. The smallest absolute Gasteiger partial charge is 0.243 e. The van der Waals surface area contributed by atoms with E-state index < -0.39 is 12.1 Å². The molecule has 0 bridgehead atoms. The Hall–Kier alpha value is -3.48. The largest absolute Gasteiger partial charge is 0.448 e. The van der Waals surface area contributed by atoms with Gasteiger partial charge in [-0.25, -0.2) is 4.98 Å². The zero-order valence-electron chi connectivity index (χ0n) is 19.3. The molecule has 0 spiro atoms. The van der Waals surface area contributed by atoms with Crippen LogP contribution in [-0.2, 0) is 16.0 Å². The topological polar surface area (TPSA) is 88.3 Å². The molecule has 4 rings (SSSR count). The van der Waals surface area contributed by atoms with Gasteiger partial charge >= 0.3 is 0 Å².